The van der Waals surface area contributed by atoms with Gasteiger partial charge in [0.05, 0.1) is 0 Å². The molecule has 2 aromatic rings. The minimum atomic E-state index is -2.32. The molecule has 3 rings (SSSR count). The molecule has 154 valence electrons. The van der Waals surface area contributed by atoms with E-state index < -0.39 is 17.4 Å². The molecule has 6 nitrogen and oxygen atoms in total. The molecule has 2 aromatic carbocycles. The molecule has 2 unspecified atom stereocenters. The summed E-state index contributed by atoms with van der Waals surface area (Å²) in [6.07, 6.45) is 3.26. The largest absolute Gasteiger partial charge is 0.755 e. The van der Waals surface area contributed by atoms with Crippen LogP contribution in [0.5, 0.6) is 5.75 Å². The lowest BCUT2D eigenvalue weighted by molar-refractivity contribution is 0.103. The van der Waals surface area contributed by atoms with Gasteiger partial charge in [0, 0.05) is 29.5 Å². The Labute approximate surface area is 174 Å². The maximum Gasteiger partial charge on any atom is 0.119 e. The molecule has 8 heteroatoms. The number of aliphatic hydroxyl groups is 1. The zero-order valence-corrected chi connectivity index (χ0v) is 17.1. The fraction of sp³-hybridized carbons (Fsp3) is 0.400. The predicted molar refractivity (Wildman–Crippen MR) is 113 cm³/mol. The van der Waals surface area contributed by atoms with E-state index in [-0.39, 0.29) is 25.1 Å². The van der Waals surface area contributed by atoms with Crippen molar-refractivity contribution in [3.63, 3.8) is 0 Å². The second-order valence-electron chi connectivity index (χ2n) is 6.80. The van der Waals surface area contributed by atoms with Crippen LogP contribution in [-0.4, -0.2) is 39.2 Å². The van der Waals surface area contributed by atoms with Gasteiger partial charge in [0.2, 0.25) is 0 Å². The fourth-order valence-electron chi connectivity index (χ4n) is 3.37. The topological polar surface area (TPSA) is 93.7 Å². The minimum absolute atomic E-state index is 0. The van der Waals surface area contributed by atoms with Crippen LogP contribution in [0.4, 0.5) is 5.69 Å². The highest BCUT2D eigenvalue weighted by atomic mass is 35.5. The summed E-state index contributed by atoms with van der Waals surface area (Å²) >= 11 is -2.32. The number of hydrogen-bond donors (Lipinski definition) is 3. The van der Waals surface area contributed by atoms with Gasteiger partial charge in [-0.3, -0.25) is 4.21 Å². The molecule has 1 aliphatic carbocycles. The van der Waals surface area contributed by atoms with Crippen LogP contribution in [0.3, 0.4) is 0 Å². The number of para-hydroxylation sites is 1. The van der Waals surface area contributed by atoms with Gasteiger partial charge in [-0.2, -0.15) is 0 Å². The summed E-state index contributed by atoms with van der Waals surface area (Å²) in [6.45, 7) is 0.694. The van der Waals surface area contributed by atoms with Gasteiger partial charge in [-0.1, -0.05) is 24.3 Å². The number of benzene rings is 2. The van der Waals surface area contributed by atoms with E-state index in [0.29, 0.717) is 12.2 Å². The molecule has 0 amide bonds. The van der Waals surface area contributed by atoms with Crippen LogP contribution >= 0.6 is 12.4 Å². The van der Waals surface area contributed by atoms with Crippen molar-refractivity contribution in [1.29, 1.82) is 0 Å². The number of halogens is 1. The lowest BCUT2D eigenvalue weighted by Crippen LogP contribution is -2.39. The molecule has 3 atom stereocenters. The Morgan fingerprint density at radius 3 is 2.75 bits per heavy atom. The zero-order chi connectivity index (χ0) is 19.1. The van der Waals surface area contributed by atoms with Crippen LogP contribution in [0.25, 0.3) is 0 Å². The number of anilines is 1. The number of aryl methyl sites for hydroxylation is 1. The molecule has 0 spiro atoms. The standard InChI is InChI=1S/C20H26N2O4S.ClH/c23-19(14-26-20-7-2-1-3-8-20)13-21-17-6-4-5-15-9-10-18(22-27(24)25)12-16(15)11-17;/h1-3,7-10,12,17,19,21-23H,4-6,11,13-14H2,(H,24,25);1H/p-1/t17?,19-;/m0./s1. The van der Waals surface area contributed by atoms with Gasteiger partial charge in [0.25, 0.3) is 0 Å². The second-order valence-corrected chi connectivity index (χ2v) is 7.47. The lowest BCUT2D eigenvalue weighted by Gasteiger charge is -2.20. The summed E-state index contributed by atoms with van der Waals surface area (Å²) in [6, 6.07) is 15.4. The molecule has 0 fully saturated rings. The van der Waals surface area contributed by atoms with E-state index in [1.807, 2.05) is 42.5 Å². The number of hydrogen-bond acceptors (Lipinski definition) is 5. The van der Waals surface area contributed by atoms with E-state index >= 15 is 0 Å². The molecule has 0 bridgehead atoms. The number of nitrogens with one attached hydrogen (secondary N) is 2. The third-order valence-corrected chi connectivity index (χ3v) is 5.10. The van der Waals surface area contributed by atoms with Gasteiger partial charge in [-0.15, -0.1) is 12.4 Å². The van der Waals surface area contributed by atoms with Gasteiger partial charge in [-0.25, -0.2) is 0 Å². The Bertz CT molecular complexity index is 763. The summed E-state index contributed by atoms with van der Waals surface area (Å²) in [5.74, 6) is 0.746. The third-order valence-electron chi connectivity index (χ3n) is 4.70. The van der Waals surface area contributed by atoms with Crippen LogP contribution in [0.2, 0.25) is 0 Å². The number of aliphatic hydroxyl groups excluding tert-OH is 1. The summed E-state index contributed by atoms with van der Waals surface area (Å²) < 4.78 is 29.7. The maximum atomic E-state index is 10.8. The summed E-state index contributed by atoms with van der Waals surface area (Å²) in [5, 5.41) is 13.6. The third kappa shape index (κ3) is 7.07. The monoisotopic (exact) mass is 425 g/mol. The van der Waals surface area contributed by atoms with Gasteiger partial charge >= 0.3 is 0 Å². The normalized spacial score (nSPS) is 18.1. The zero-order valence-electron chi connectivity index (χ0n) is 15.5. The number of ether oxygens (including phenoxy) is 1. The van der Waals surface area contributed by atoms with E-state index in [0.717, 1.165) is 37.0 Å². The van der Waals surface area contributed by atoms with Crippen LogP contribution in [0, 0.1) is 0 Å². The molecule has 0 radical (unpaired) electrons. The molecule has 0 aromatic heterocycles. The quantitative estimate of drug-likeness (QED) is 0.446. The van der Waals surface area contributed by atoms with Crippen LogP contribution in [0.1, 0.15) is 24.0 Å². The Balaban J connectivity index is 0.00000280. The van der Waals surface area contributed by atoms with Crippen molar-refractivity contribution < 1.29 is 18.6 Å². The lowest BCUT2D eigenvalue weighted by atomic mass is 10.0. The first-order valence-corrected chi connectivity index (χ1v) is 10.2. The minimum Gasteiger partial charge on any atom is -0.755 e. The first-order chi connectivity index (χ1) is 13.1. The Morgan fingerprint density at radius 1 is 1.21 bits per heavy atom. The average molecular weight is 426 g/mol. The van der Waals surface area contributed by atoms with Crippen LogP contribution in [-0.2, 0) is 24.1 Å². The molecule has 0 heterocycles. The molecule has 1 aliphatic rings. The first-order valence-electron chi connectivity index (χ1n) is 9.17. The van der Waals surface area contributed by atoms with E-state index in [4.69, 9.17) is 4.74 Å². The number of fused-ring (bicyclic) bond motifs is 1. The van der Waals surface area contributed by atoms with Crippen molar-refractivity contribution in [2.24, 2.45) is 0 Å². The molecule has 0 saturated heterocycles. The Kier molecular flexibility index (Phi) is 9.21. The maximum absolute atomic E-state index is 10.8. The van der Waals surface area contributed by atoms with Crippen molar-refractivity contribution in [2.45, 2.75) is 37.8 Å². The van der Waals surface area contributed by atoms with Gasteiger partial charge in [-0.05, 0) is 61.1 Å². The van der Waals surface area contributed by atoms with Crippen LogP contribution in [0.15, 0.2) is 48.5 Å². The summed E-state index contributed by atoms with van der Waals surface area (Å²) in [4.78, 5) is 0. The van der Waals surface area contributed by atoms with Crippen molar-refractivity contribution >= 4 is 29.4 Å². The van der Waals surface area contributed by atoms with Crippen molar-refractivity contribution in [3.8, 4) is 5.75 Å². The molecular weight excluding hydrogens is 400 g/mol. The van der Waals surface area contributed by atoms with Gasteiger partial charge in [0.1, 0.15) is 18.5 Å². The van der Waals surface area contributed by atoms with Crippen molar-refractivity contribution in [3.05, 3.63) is 59.7 Å². The summed E-state index contributed by atoms with van der Waals surface area (Å²) in [5.41, 5.74) is 2.99. The van der Waals surface area contributed by atoms with Crippen molar-refractivity contribution in [1.82, 2.24) is 5.32 Å². The Hall–Kier alpha value is -1.64. The molecular formula is C20H26ClN2O4S-. The van der Waals surface area contributed by atoms with E-state index in [9.17, 15) is 13.9 Å². The van der Waals surface area contributed by atoms with E-state index in [2.05, 4.69) is 10.0 Å². The Morgan fingerprint density at radius 2 is 2.00 bits per heavy atom. The highest BCUT2D eigenvalue weighted by Gasteiger charge is 2.18. The second kappa shape index (κ2) is 11.4. The smallest absolute Gasteiger partial charge is 0.119 e. The first kappa shape index (κ1) is 22.6. The average Bonchev–Trinajstić information content (AvgIpc) is 2.86. The SMILES string of the molecule is Cl.O=S([O-])Nc1ccc2c(c1)CC(NC[C@H](O)COc1ccccc1)CCC2. The van der Waals surface area contributed by atoms with Gasteiger partial charge < -0.3 is 24.4 Å². The predicted octanol–water partition coefficient (Wildman–Crippen LogP) is 2.59. The fourth-order valence-corrected chi connectivity index (χ4v) is 3.69. The van der Waals surface area contributed by atoms with Crippen molar-refractivity contribution in [2.75, 3.05) is 17.9 Å². The highest BCUT2D eigenvalue weighted by Crippen LogP contribution is 2.24. The van der Waals surface area contributed by atoms with Crippen LogP contribution < -0.4 is 14.8 Å². The van der Waals surface area contributed by atoms with E-state index in [1.165, 1.54) is 5.56 Å². The van der Waals surface area contributed by atoms with E-state index in [1.54, 1.807) is 6.07 Å². The molecule has 3 N–H and O–H groups in total. The number of rotatable bonds is 8. The molecule has 0 saturated carbocycles. The summed E-state index contributed by atoms with van der Waals surface area (Å²) in [7, 11) is 0. The molecule has 0 aliphatic heterocycles. The molecule has 28 heavy (non-hydrogen) atoms. The highest BCUT2D eigenvalue weighted by molar-refractivity contribution is 7.80. The van der Waals surface area contributed by atoms with Gasteiger partial charge in [0.15, 0.2) is 0 Å².